The van der Waals surface area contributed by atoms with Gasteiger partial charge in [0, 0.05) is 20.6 Å². The maximum absolute atomic E-state index is 5.96. The van der Waals surface area contributed by atoms with Crippen molar-refractivity contribution in [3.05, 3.63) is 45.8 Å². The molecule has 0 aliphatic carbocycles. The molecule has 6 heteroatoms. The van der Waals surface area contributed by atoms with E-state index in [9.17, 15) is 0 Å². The smallest absolute Gasteiger partial charge is 0.172 e. The predicted molar refractivity (Wildman–Crippen MR) is 83.5 cm³/mol. The fourth-order valence-electron chi connectivity index (χ4n) is 2.38. The average molecular weight is 350 g/mol. The highest BCUT2D eigenvalue weighted by molar-refractivity contribution is 9.10. The highest BCUT2D eigenvalue weighted by Gasteiger charge is 2.27. The van der Waals surface area contributed by atoms with Crippen molar-refractivity contribution in [2.45, 2.75) is 19.1 Å². The highest BCUT2D eigenvalue weighted by Crippen LogP contribution is 2.36. The van der Waals surface area contributed by atoms with E-state index in [1.54, 1.807) is 7.11 Å². The van der Waals surface area contributed by atoms with Gasteiger partial charge in [-0.25, -0.2) is 9.97 Å². The van der Waals surface area contributed by atoms with E-state index in [0.29, 0.717) is 12.4 Å². The molecule has 2 aromatic rings. The molecular formula is C15H16BrN3O2. The third kappa shape index (κ3) is 2.73. The third-order valence-electron chi connectivity index (χ3n) is 3.39. The number of para-hydroxylation sites is 1. The zero-order valence-electron chi connectivity index (χ0n) is 11.9. The number of ether oxygens (including phenoxy) is 2. The fourth-order valence-corrected chi connectivity index (χ4v) is 2.87. The minimum atomic E-state index is -0.154. The van der Waals surface area contributed by atoms with Crippen LogP contribution in [-0.2, 0) is 17.8 Å². The molecule has 1 aliphatic heterocycles. The second-order valence-electron chi connectivity index (χ2n) is 4.79. The molecule has 110 valence electrons. The van der Waals surface area contributed by atoms with Crippen molar-refractivity contribution in [1.82, 2.24) is 9.97 Å². The van der Waals surface area contributed by atoms with Gasteiger partial charge in [-0.2, -0.15) is 0 Å². The van der Waals surface area contributed by atoms with Crippen molar-refractivity contribution in [3.63, 3.8) is 0 Å². The summed E-state index contributed by atoms with van der Waals surface area (Å²) in [5.41, 5.74) is 2.00. The topological polar surface area (TPSA) is 56.3 Å². The Morgan fingerprint density at radius 3 is 2.90 bits per heavy atom. The largest absolute Gasteiger partial charge is 0.482 e. The van der Waals surface area contributed by atoms with Crippen LogP contribution in [0.5, 0.6) is 5.75 Å². The lowest BCUT2D eigenvalue weighted by molar-refractivity contribution is 0.178. The van der Waals surface area contributed by atoms with Crippen LogP contribution >= 0.6 is 15.9 Å². The summed E-state index contributed by atoms with van der Waals surface area (Å²) >= 11 is 3.51. The molecule has 0 saturated heterocycles. The summed E-state index contributed by atoms with van der Waals surface area (Å²) in [4.78, 5) is 9.14. The molecule has 1 aromatic heterocycles. The summed E-state index contributed by atoms with van der Waals surface area (Å²) in [7, 11) is 3.48. The summed E-state index contributed by atoms with van der Waals surface area (Å²) in [6, 6.07) is 8.04. The van der Waals surface area contributed by atoms with Crippen LogP contribution in [0.25, 0.3) is 0 Å². The number of fused-ring (bicyclic) bond motifs is 1. The lowest BCUT2D eigenvalue weighted by Gasteiger charge is -2.14. The van der Waals surface area contributed by atoms with E-state index < -0.39 is 0 Å². The minimum Gasteiger partial charge on any atom is -0.482 e. The lowest BCUT2D eigenvalue weighted by Crippen LogP contribution is -2.13. The van der Waals surface area contributed by atoms with Crippen molar-refractivity contribution in [2.75, 3.05) is 19.5 Å². The van der Waals surface area contributed by atoms with E-state index in [1.165, 1.54) is 5.56 Å². The number of hydrogen-bond acceptors (Lipinski definition) is 5. The van der Waals surface area contributed by atoms with Crippen LogP contribution in [0, 0.1) is 0 Å². The van der Waals surface area contributed by atoms with E-state index in [0.717, 1.165) is 28.2 Å². The Balaban J connectivity index is 1.95. The van der Waals surface area contributed by atoms with Crippen LogP contribution in [0.3, 0.4) is 0 Å². The molecular weight excluding hydrogens is 334 g/mol. The first-order valence-corrected chi connectivity index (χ1v) is 7.49. The standard InChI is InChI=1S/C15H16BrN3O2/c1-17-15-13(16)10(8-20-2)18-14(19-15)12-7-9-5-3-4-6-11(9)21-12/h3-6,12H,7-8H2,1-2H3,(H,17,18,19). The molecule has 0 amide bonds. The number of halogens is 1. The molecule has 1 atom stereocenters. The van der Waals surface area contributed by atoms with Crippen LogP contribution in [0.2, 0.25) is 0 Å². The van der Waals surface area contributed by atoms with Crippen LogP contribution in [-0.4, -0.2) is 24.1 Å². The van der Waals surface area contributed by atoms with Gasteiger partial charge in [0.25, 0.3) is 0 Å². The fraction of sp³-hybridized carbons (Fsp3) is 0.333. The molecule has 21 heavy (non-hydrogen) atoms. The first-order valence-electron chi connectivity index (χ1n) is 6.70. The Labute approximate surface area is 131 Å². The summed E-state index contributed by atoms with van der Waals surface area (Å²) in [6.07, 6.45) is 0.631. The quantitative estimate of drug-likeness (QED) is 0.918. The first kappa shape index (κ1) is 14.3. The molecule has 0 spiro atoms. The maximum Gasteiger partial charge on any atom is 0.172 e. The molecule has 0 bridgehead atoms. The van der Waals surface area contributed by atoms with E-state index in [4.69, 9.17) is 9.47 Å². The van der Waals surface area contributed by atoms with Gasteiger partial charge in [-0.05, 0) is 27.6 Å². The lowest BCUT2D eigenvalue weighted by atomic mass is 10.1. The summed E-state index contributed by atoms with van der Waals surface area (Å²) in [5.74, 6) is 2.32. The molecule has 1 aliphatic rings. The molecule has 1 unspecified atom stereocenters. The van der Waals surface area contributed by atoms with Gasteiger partial charge in [0.05, 0.1) is 16.8 Å². The summed E-state index contributed by atoms with van der Waals surface area (Å²) < 4.78 is 12.0. The normalized spacial score (nSPS) is 16.4. The van der Waals surface area contributed by atoms with E-state index in [2.05, 4.69) is 37.3 Å². The maximum atomic E-state index is 5.96. The number of nitrogens with one attached hydrogen (secondary N) is 1. The van der Waals surface area contributed by atoms with Crippen molar-refractivity contribution >= 4 is 21.7 Å². The van der Waals surface area contributed by atoms with Gasteiger partial charge in [-0.15, -0.1) is 0 Å². The third-order valence-corrected chi connectivity index (χ3v) is 4.22. The van der Waals surface area contributed by atoms with Gasteiger partial charge in [-0.3, -0.25) is 0 Å². The van der Waals surface area contributed by atoms with E-state index in [-0.39, 0.29) is 6.10 Å². The molecule has 2 heterocycles. The Morgan fingerprint density at radius 2 is 2.19 bits per heavy atom. The molecule has 0 fully saturated rings. The van der Waals surface area contributed by atoms with Crippen molar-refractivity contribution in [1.29, 1.82) is 0 Å². The van der Waals surface area contributed by atoms with Gasteiger partial charge < -0.3 is 14.8 Å². The van der Waals surface area contributed by atoms with Crippen LogP contribution in [0.4, 0.5) is 5.82 Å². The number of rotatable bonds is 4. The Hall–Kier alpha value is -1.66. The Kier molecular flexibility index (Phi) is 4.07. The summed E-state index contributed by atoms with van der Waals surface area (Å²) in [5, 5.41) is 3.07. The zero-order valence-corrected chi connectivity index (χ0v) is 13.5. The number of benzene rings is 1. The molecule has 1 N–H and O–H groups in total. The van der Waals surface area contributed by atoms with Crippen molar-refractivity contribution in [3.8, 4) is 5.75 Å². The average Bonchev–Trinajstić information content (AvgIpc) is 2.93. The first-order chi connectivity index (χ1) is 10.2. The van der Waals surface area contributed by atoms with Gasteiger partial charge in [0.2, 0.25) is 0 Å². The number of methoxy groups -OCH3 is 1. The van der Waals surface area contributed by atoms with Crippen LogP contribution < -0.4 is 10.1 Å². The Bertz CT molecular complexity index is 638. The zero-order chi connectivity index (χ0) is 14.8. The van der Waals surface area contributed by atoms with Crippen LogP contribution in [0.15, 0.2) is 28.7 Å². The highest BCUT2D eigenvalue weighted by atomic mass is 79.9. The Morgan fingerprint density at radius 1 is 1.38 bits per heavy atom. The number of aromatic nitrogens is 2. The molecule has 5 nitrogen and oxygen atoms in total. The number of hydrogen-bond donors (Lipinski definition) is 1. The van der Waals surface area contributed by atoms with Gasteiger partial charge in [0.15, 0.2) is 11.9 Å². The van der Waals surface area contributed by atoms with Crippen molar-refractivity contribution < 1.29 is 9.47 Å². The molecule has 0 radical (unpaired) electrons. The van der Waals surface area contributed by atoms with E-state index in [1.807, 2.05) is 25.2 Å². The SMILES string of the molecule is CNc1nc(C2Cc3ccccc3O2)nc(COC)c1Br. The minimum absolute atomic E-state index is 0.154. The second kappa shape index (κ2) is 5.99. The van der Waals surface area contributed by atoms with E-state index >= 15 is 0 Å². The second-order valence-corrected chi connectivity index (χ2v) is 5.59. The van der Waals surface area contributed by atoms with Crippen molar-refractivity contribution in [2.24, 2.45) is 0 Å². The van der Waals surface area contributed by atoms with Crippen LogP contribution in [0.1, 0.15) is 23.2 Å². The molecule has 0 saturated carbocycles. The number of anilines is 1. The molecule has 3 rings (SSSR count). The monoisotopic (exact) mass is 349 g/mol. The molecule has 1 aromatic carbocycles. The van der Waals surface area contributed by atoms with Gasteiger partial charge in [0.1, 0.15) is 11.6 Å². The van der Waals surface area contributed by atoms with Gasteiger partial charge >= 0.3 is 0 Å². The predicted octanol–water partition coefficient (Wildman–Crippen LogP) is 3.10. The number of nitrogens with zero attached hydrogens (tertiary/aromatic N) is 2. The van der Waals surface area contributed by atoms with Gasteiger partial charge in [-0.1, -0.05) is 18.2 Å². The summed E-state index contributed by atoms with van der Waals surface area (Å²) in [6.45, 7) is 0.421.